The van der Waals surface area contributed by atoms with Gasteiger partial charge in [0.1, 0.15) is 10.6 Å². The third-order valence-corrected chi connectivity index (χ3v) is 5.74. The van der Waals surface area contributed by atoms with Crippen LogP contribution in [0.25, 0.3) is 0 Å². The van der Waals surface area contributed by atoms with Crippen molar-refractivity contribution in [1.82, 2.24) is 9.88 Å². The first-order valence-electron chi connectivity index (χ1n) is 6.41. The number of nitrogens with zero attached hydrogens (tertiary/aromatic N) is 2. The van der Waals surface area contributed by atoms with E-state index in [1.165, 1.54) is 4.90 Å². The molecule has 1 aromatic heterocycles. The molecule has 2 aromatic rings. The molecule has 3 rings (SSSR count). The highest BCUT2D eigenvalue weighted by molar-refractivity contribution is 7.86. The van der Waals surface area contributed by atoms with Gasteiger partial charge in [0.15, 0.2) is 0 Å². The third-order valence-electron chi connectivity index (χ3n) is 3.52. The summed E-state index contributed by atoms with van der Waals surface area (Å²) in [5, 5.41) is -0.531. The summed E-state index contributed by atoms with van der Waals surface area (Å²) in [7, 11) is 0.301. The van der Waals surface area contributed by atoms with Gasteiger partial charge in [-0.1, -0.05) is 29.8 Å². The first-order valence-corrected chi connectivity index (χ1v) is 8.06. The second kappa shape index (κ2) is 5.58. The molecule has 3 unspecified atom stereocenters. The van der Waals surface area contributed by atoms with Crippen LogP contribution in [0.15, 0.2) is 48.8 Å². The van der Waals surface area contributed by atoms with Crippen molar-refractivity contribution >= 4 is 28.3 Å². The lowest BCUT2D eigenvalue weighted by molar-refractivity contribution is -0.128. The summed E-state index contributed by atoms with van der Waals surface area (Å²) in [5.41, 5.74) is 1.50. The second-order valence-electron chi connectivity index (χ2n) is 4.85. The molecule has 108 valence electrons. The molecule has 3 atom stereocenters. The molecule has 2 heterocycles. The van der Waals surface area contributed by atoms with Crippen molar-refractivity contribution < 1.29 is 9.00 Å². The van der Waals surface area contributed by atoms with Crippen molar-refractivity contribution in [3.05, 3.63) is 64.9 Å². The third kappa shape index (κ3) is 2.47. The molecule has 1 saturated heterocycles. The fourth-order valence-corrected chi connectivity index (χ4v) is 4.48. The highest BCUT2D eigenvalue weighted by Gasteiger charge is 2.45. The molecular formula is C15H13ClN2O2S. The Kier molecular flexibility index (Phi) is 3.78. The van der Waals surface area contributed by atoms with Gasteiger partial charge in [-0.3, -0.25) is 14.0 Å². The minimum atomic E-state index is -1.37. The number of carbonyl (C=O) groups excluding carboxylic acids is 1. The zero-order chi connectivity index (χ0) is 15.0. The fraction of sp³-hybridized carbons (Fsp3) is 0.200. The Morgan fingerprint density at radius 3 is 2.52 bits per heavy atom. The molecular weight excluding hydrogens is 308 g/mol. The van der Waals surface area contributed by atoms with Gasteiger partial charge in [0, 0.05) is 30.0 Å². The van der Waals surface area contributed by atoms with E-state index in [0.29, 0.717) is 5.02 Å². The number of hydrogen-bond donors (Lipinski definition) is 0. The molecule has 6 heteroatoms. The van der Waals surface area contributed by atoms with Gasteiger partial charge < -0.3 is 4.90 Å². The standard InChI is InChI=1S/C15H13ClN2O2S/c1-18-14(19)13(10-4-6-12(16)7-5-10)21(20)15(18)11-3-2-8-17-9-11/h2-9,13,15H,1H3. The largest absolute Gasteiger partial charge is 0.326 e. The van der Waals surface area contributed by atoms with E-state index in [1.807, 2.05) is 6.07 Å². The molecule has 1 aliphatic heterocycles. The van der Waals surface area contributed by atoms with Crippen LogP contribution >= 0.6 is 11.6 Å². The van der Waals surface area contributed by atoms with E-state index in [9.17, 15) is 9.00 Å². The van der Waals surface area contributed by atoms with Crippen molar-refractivity contribution in [2.24, 2.45) is 0 Å². The topological polar surface area (TPSA) is 50.3 Å². The molecule has 0 N–H and O–H groups in total. The predicted molar refractivity (Wildman–Crippen MR) is 82.1 cm³/mol. The van der Waals surface area contributed by atoms with Gasteiger partial charge in [0.05, 0.1) is 10.8 Å². The molecule has 21 heavy (non-hydrogen) atoms. The van der Waals surface area contributed by atoms with Gasteiger partial charge in [-0.15, -0.1) is 0 Å². The Labute approximate surface area is 130 Å². The number of halogens is 1. The fourth-order valence-electron chi connectivity index (χ4n) is 2.48. The van der Waals surface area contributed by atoms with E-state index in [-0.39, 0.29) is 5.91 Å². The SMILES string of the molecule is CN1C(=O)C(c2ccc(Cl)cc2)S(=O)C1c1cccnc1. The summed E-state index contributed by atoms with van der Waals surface area (Å²) in [5.74, 6) is -0.149. The van der Waals surface area contributed by atoms with E-state index < -0.39 is 21.4 Å². The minimum absolute atomic E-state index is 0.149. The summed E-state index contributed by atoms with van der Waals surface area (Å²) in [4.78, 5) is 18.0. The summed E-state index contributed by atoms with van der Waals surface area (Å²) in [6.07, 6.45) is 3.30. The van der Waals surface area contributed by atoms with Crippen LogP contribution in [0.4, 0.5) is 0 Å². The van der Waals surface area contributed by atoms with Crippen LogP contribution in [-0.2, 0) is 15.6 Å². The van der Waals surface area contributed by atoms with Crippen LogP contribution in [0.1, 0.15) is 21.8 Å². The lowest BCUT2D eigenvalue weighted by Crippen LogP contribution is -2.24. The summed E-state index contributed by atoms with van der Waals surface area (Å²) >= 11 is 5.86. The maximum Gasteiger partial charge on any atom is 0.243 e. The van der Waals surface area contributed by atoms with Gasteiger partial charge in [0.2, 0.25) is 5.91 Å². The Hall–Kier alpha value is -1.72. The van der Waals surface area contributed by atoms with Crippen LogP contribution in [0, 0.1) is 0 Å². The summed E-state index contributed by atoms with van der Waals surface area (Å²) in [6, 6.07) is 10.5. The van der Waals surface area contributed by atoms with Gasteiger partial charge in [0.25, 0.3) is 0 Å². The molecule has 0 bridgehead atoms. The van der Waals surface area contributed by atoms with E-state index >= 15 is 0 Å². The number of likely N-dealkylation sites (N-methyl/N-ethyl adjacent to an activating group) is 1. The average molecular weight is 321 g/mol. The number of carbonyl (C=O) groups is 1. The Bertz CT molecular complexity index is 691. The van der Waals surface area contributed by atoms with Gasteiger partial charge in [-0.2, -0.15) is 0 Å². The van der Waals surface area contributed by atoms with Crippen LogP contribution in [0.2, 0.25) is 5.02 Å². The van der Waals surface area contributed by atoms with Gasteiger partial charge >= 0.3 is 0 Å². The normalized spacial score (nSPS) is 25.3. The minimum Gasteiger partial charge on any atom is -0.326 e. The maximum atomic E-state index is 12.8. The van der Waals surface area contributed by atoms with E-state index in [2.05, 4.69) is 4.98 Å². The Morgan fingerprint density at radius 2 is 1.90 bits per heavy atom. The Morgan fingerprint density at radius 1 is 1.19 bits per heavy atom. The molecule has 1 aliphatic rings. The van der Waals surface area contributed by atoms with Crippen LogP contribution in [0.5, 0.6) is 0 Å². The number of amides is 1. The van der Waals surface area contributed by atoms with Crippen molar-refractivity contribution in [2.75, 3.05) is 7.05 Å². The summed E-state index contributed by atoms with van der Waals surface area (Å²) in [6.45, 7) is 0. The molecule has 0 aliphatic carbocycles. The number of pyridine rings is 1. The lowest BCUT2D eigenvalue weighted by atomic mass is 10.1. The molecule has 1 amide bonds. The van der Waals surface area contributed by atoms with Crippen molar-refractivity contribution in [1.29, 1.82) is 0 Å². The van der Waals surface area contributed by atoms with Crippen LogP contribution in [-0.4, -0.2) is 27.0 Å². The van der Waals surface area contributed by atoms with Crippen molar-refractivity contribution in [3.63, 3.8) is 0 Å². The predicted octanol–water partition coefficient (Wildman–Crippen LogP) is 2.70. The monoisotopic (exact) mass is 320 g/mol. The number of benzene rings is 1. The van der Waals surface area contributed by atoms with E-state index in [1.54, 1.807) is 49.8 Å². The van der Waals surface area contributed by atoms with Crippen molar-refractivity contribution in [2.45, 2.75) is 10.6 Å². The lowest BCUT2D eigenvalue weighted by Gasteiger charge is -2.17. The Balaban J connectivity index is 1.99. The first-order chi connectivity index (χ1) is 10.1. The first kappa shape index (κ1) is 14.2. The molecule has 1 fully saturated rings. The highest BCUT2D eigenvalue weighted by atomic mass is 35.5. The van der Waals surface area contributed by atoms with Crippen molar-refractivity contribution in [3.8, 4) is 0 Å². The van der Waals surface area contributed by atoms with Gasteiger partial charge in [-0.25, -0.2) is 0 Å². The molecule has 0 radical (unpaired) electrons. The van der Waals surface area contributed by atoms with E-state index in [4.69, 9.17) is 11.6 Å². The maximum absolute atomic E-state index is 12.8. The molecule has 0 spiro atoms. The second-order valence-corrected chi connectivity index (χ2v) is 6.86. The molecule has 1 aromatic carbocycles. The average Bonchev–Trinajstić information content (AvgIpc) is 2.72. The number of rotatable bonds is 2. The van der Waals surface area contributed by atoms with Crippen LogP contribution in [0.3, 0.4) is 0 Å². The zero-order valence-electron chi connectivity index (χ0n) is 11.3. The van der Waals surface area contributed by atoms with E-state index in [0.717, 1.165) is 11.1 Å². The number of aromatic nitrogens is 1. The molecule has 4 nitrogen and oxygen atoms in total. The highest BCUT2D eigenvalue weighted by Crippen LogP contribution is 2.40. The zero-order valence-corrected chi connectivity index (χ0v) is 12.8. The number of hydrogen-bond acceptors (Lipinski definition) is 3. The quantitative estimate of drug-likeness (QED) is 0.855. The van der Waals surface area contributed by atoms with Gasteiger partial charge in [-0.05, 0) is 23.8 Å². The van der Waals surface area contributed by atoms with Crippen LogP contribution < -0.4 is 0 Å². The smallest absolute Gasteiger partial charge is 0.243 e. The summed E-state index contributed by atoms with van der Waals surface area (Å²) < 4.78 is 12.8. The molecule has 0 saturated carbocycles.